The Morgan fingerprint density at radius 3 is 0.962 bits per heavy atom. The molecule has 6 N–H and O–H groups in total. The molecule has 7 aromatic rings. The number of carboxylic acid groups (broad SMARTS) is 4. The van der Waals surface area contributed by atoms with E-state index in [1.807, 2.05) is 0 Å². The number of hydrogen-bond donors (Lipinski definition) is 6. The maximum absolute atomic E-state index is 12.2. The first-order valence-corrected chi connectivity index (χ1v) is 15.7. The van der Waals surface area contributed by atoms with Crippen molar-refractivity contribution < 1.29 is 39.6 Å². The molecule has 0 spiro atoms. The van der Waals surface area contributed by atoms with Gasteiger partial charge in [0.15, 0.2) is 0 Å². The van der Waals surface area contributed by atoms with Crippen LogP contribution in [0.3, 0.4) is 0 Å². The highest BCUT2D eigenvalue weighted by Gasteiger charge is 2.25. The van der Waals surface area contributed by atoms with Gasteiger partial charge in [-0.15, -0.1) is 0 Å². The average Bonchev–Trinajstić information content (AvgIpc) is 3.81. The SMILES string of the molecule is O=C(O)c1ccccc1-c1nc(-c2ccc(-c3nc(-c4ccccc4C(=O)O)c(-c4ccccc4C(=O)O)[nH]3)cc2)[nH]c1-c1ccccc1C(=O)O. The zero-order chi connectivity index (χ0) is 36.5. The summed E-state index contributed by atoms with van der Waals surface area (Å²) in [6, 6.07) is 32.3. The molecule has 2 heterocycles. The van der Waals surface area contributed by atoms with E-state index in [-0.39, 0.29) is 33.6 Å². The van der Waals surface area contributed by atoms with Gasteiger partial charge in [-0.3, -0.25) is 0 Å². The molecule has 2 aromatic heterocycles. The molecule has 0 aliphatic rings. The second kappa shape index (κ2) is 13.4. The van der Waals surface area contributed by atoms with Gasteiger partial charge in [-0.25, -0.2) is 29.1 Å². The van der Waals surface area contributed by atoms with Gasteiger partial charge in [-0.2, -0.15) is 0 Å². The molecule has 52 heavy (non-hydrogen) atoms. The molecule has 0 fully saturated rings. The summed E-state index contributed by atoms with van der Waals surface area (Å²) in [4.78, 5) is 64.7. The van der Waals surface area contributed by atoms with Crippen molar-refractivity contribution >= 4 is 23.9 Å². The number of imidazole rings is 2. The van der Waals surface area contributed by atoms with Crippen LogP contribution in [0.2, 0.25) is 0 Å². The monoisotopic (exact) mass is 690 g/mol. The van der Waals surface area contributed by atoms with Crippen LogP contribution in [0.4, 0.5) is 0 Å². The summed E-state index contributed by atoms with van der Waals surface area (Å²) < 4.78 is 0. The van der Waals surface area contributed by atoms with Crippen LogP contribution >= 0.6 is 0 Å². The molecule has 5 aromatic carbocycles. The molecule has 0 saturated heterocycles. The van der Waals surface area contributed by atoms with Crippen molar-refractivity contribution in [2.75, 3.05) is 0 Å². The second-order valence-corrected chi connectivity index (χ2v) is 11.6. The van der Waals surface area contributed by atoms with Crippen molar-refractivity contribution in [3.8, 4) is 67.8 Å². The molecule has 0 amide bonds. The summed E-state index contributed by atoms with van der Waals surface area (Å²) >= 11 is 0. The normalized spacial score (nSPS) is 10.9. The van der Waals surface area contributed by atoms with Gasteiger partial charge in [0.05, 0.1) is 45.0 Å². The first-order valence-electron chi connectivity index (χ1n) is 15.7. The van der Waals surface area contributed by atoms with E-state index in [1.54, 1.807) is 97.1 Å². The molecule has 254 valence electrons. The number of hydrogen-bond acceptors (Lipinski definition) is 6. The van der Waals surface area contributed by atoms with Crippen LogP contribution in [-0.2, 0) is 0 Å². The van der Waals surface area contributed by atoms with Crippen molar-refractivity contribution in [3.05, 3.63) is 144 Å². The maximum Gasteiger partial charge on any atom is 0.336 e. The van der Waals surface area contributed by atoms with Gasteiger partial charge in [0.2, 0.25) is 0 Å². The van der Waals surface area contributed by atoms with Crippen LogP contribution in [0.5, 0.6) is 0 Å². The summed E-state index contributed by atoms with van der Waals surface area (Å²) in [6.07, 6.45) is 0. The Bertz CT molecular complexity index is 2220. The Labute approximate surface area is 294 Å². The molecule has 7 rings (SSSR count). The lowest BCUT2D eigenvalue weighted by Gasteiger charge is -2.08. The van der Waals surface area contributed by atoms with Crippen LogP contribution < -0.4 is 0 Å². The van der Waals surface area contributed by atoms with E-state index < -0.39 is 23.9 Å². The summed E-state index contributed by atoms with van der Waals surface area (Å²) in [5, 5.41) is 39.8. The van der Waals surface area contributed by atoms with Gasteiger partial charge in [-0.05, 0) is 24.3 Å². The van der Waals surface area contributed by atoms with E-state index in [4.69, 9.17) is 9.97 Å². The van der Waals surface area contributed by atoms with Crippen LogP contribution in [-0.4, -0.2) is 64.2 Å². The van der Waals surface area contributed by atoms with E-state index in [9.17, 15) is 39.6 Å². The largest absolute Gasteiger partial charge is 0.478 e. The third-order valence-electron chi connectivity index (χ3n) is 8.52. The minimum atomic E-state index is -1.17. The molecule has 0 saturated carbocycles. The number of nitrogens with zero attached hydrogens (tertiary/aromatic N) is 2. The van der Waals surface area contributed by atoms with E-state index >= 15 is 0 Å². The quantitative estimate of drug-likeness (QED) is 0.0817. The van der Waals surface area contributed by atoms with Crippen molar-refractivity contribution in [2.45, 2.75) is 0 Å². The van der Waals surface area contributed by atoms with Crippen LogP contribution in [0, 0.1) is 0 Å². The lowest BCUT2D eigenvalue weighted by atomic mass is 9.97. The van der Waals surface area contributed by atoms with Crippen molar-refractivity contribution in [1.82, 2.24) is 19.9 Å². The topological polar surface area (TPSA) is 207 Å². The van der Waals surface area contributed by atoms with E-state index in [0.717, 1.165) is 0 Å². The molecule has 0 unspecified atom stereocenters. The number of aromatic nitrogens is 4. The fraction of sp³-hybridized carbons (Fsp3) is 0. The van der Waals surface area contributed by atoms with Crippen LogP contribution in [0.25, 0.3) is 67.8 Å². The van der Waals surface area contributed by atoms with E-state index in [1.165, 1.54) is 24.3 Å². The lowest BCUT2D eigenvalue weighted by Crippen LogP contribution is -2.02. The van der Waals surface area contributed by atoms with Crippen molar-refractivity contribution in [2.24, 2.45) is 0 Å². The third-order valence-corrected chi connectivity index (χ3v) is 8.52. The second-order valence-electron chi connectivity index (χ2n) is 11.6. The number of aromatic amines is 2. The van der Waals surface area contributed by atoms with Gasteiger partial charge >= 0.3 is 23.9 Å². The Morgan fingerprint density at radius 1 is 0.385 bits per heavy atom. The van der Waals surface area contributed by atoms with Gasteiger partial charge in [0, 0.05) is 33.4 Å². The highest BCUT2D eigenvalue weighted by molar-refractivity contribution is 6.03. The molecule has 12 heteroatoms. The standard InChI is InChI=1S/C40H26N4O8/c45-37(46)27-13-5-1-9-23(27)31-32(24-10-2-6-14-28(24)38(47)48)42-35(41-31)21-17-19-22(20-18-21)36-43-33(25-11-3-7-15-29(25)39(49)50)34(44-36)26-12-4-8-16-30(26)40(51)52/h1-20H,(H,41,42)(H,43,44)(H,45,46)(H,47,48)(H,49,50)(H,51,52). The van der Waals surface area contributed by atoms with E-state index in [0.29, 0.717) is 56.4 Å². The number of aromatic carboxylic acids is 4. The third kappa shape index (κ3) is 5.96. The minimum absolute atomic E-state index is 0.000440. The molecule has 0 aliphatic carbocycles. The van der Waals surface area contributed by atoms with Crippen LogP contribution in [0.15, 0.2) is 121 Å². The number of benzene rings is 5. The zero-order valence-electron chi connectivity index (χ0n) is 26.9. The molecule has 12 nitrogen and oxygen atoms in total. The van der Waals surface area contributed by atoms with Crippen molar-refractivity contribution in [3.63, 3.8) is 0 Å². The molecule has 0 aliphatic heterocycles. The molecule has 0 radical (unpaired) electrons. The fourth-order valence-electron chi connectivity index (χ4n) is 6.11. The average molecular weight is 691 g/mol. The Hall–Kier alpha value is -7.60. The zero-order valence-corrected chi connectivity index (χ0v) is 26.9. The summed E-state index contributed by atoms with van der Waals surface area (Å²) in [5.41, 5.74) is 3.51. The lowest BCUT2D eigenvalue weighted by molar-refractivity contribution is 0.0686. The van der Waals surface area contributed by atoms with Crippen LogP contribution in [0.1, 0.15) is 41.4 Å². The Kier molecular flexibility index (Phi) is 8.46. The van der Waals surface area contributed by atoms with Gasteiger partial charge in [-0.1, -0.05) is 97.1 Å². The molecule has 0 atom stereocenters. The number of nitrogens with one attached hydrogen (secondary N) is 2. The highest BCUT2D eigenvalue weighted by Crippen LogP contribution is 2.39. The predicted octanol–water partition coefficient (Wildman–Crippen LogP) is 7.93. The van der Waals surface area contributed by atoms with Gasteiger partial charge < -0.3 is 30.4 Å². The number of carbonyl (C=O) groups is 4. The predicted molar refractivity (Wildman–Crippen MR) is 191 cm³/mol. The molecular formula is C40H26N4O8. The smallest absolute Gasteiger partial charge is 0.336 e. The van der Waals surface area contributed by atoms with Gasteiger partial charge in [0.1, 0.15) is 11.6 Å². The summed E-state index contributed by atoms with van der Waals surface area (Å²) in [6.45, 7) is 0. The number of carboxylic acids is 4. The number of rotatable bonds is 10. The fourth-order valence-corrected chi connectivity index (χ4v) is 6.11. The first-order chi connectivity index (χ1) is 25.1. The molecule has 0 bridgehead atoms. The number of H-pyrrole nitrogens is 2. The minimum Gasteiger partial charge on any atom is -0.478 e. The Morgan fingerprint density at radius 2 is 0.654 bits per heavy atom. The van der Waals surface area contributed by atoms with Gasteiger partial charge in [0.25, 0.3) is 0 Å². The summed E-state index contributed by atoms with van der Waals surface area (Å²) in [5.74, 6) is -4.00. The summed E-state index contributed by atoms with van der Waals surface area (Å²) in [7, 11) is 0. The first kappa shape index (κ1) is 32.9. The Balaban J connectivity index is 1.36. The van der Waals surface area contributed by atoms with Crippen molar-refractivity contribution in [1.29, 1.82) is 0 Å². The van der Waals surface area contributed by atoms with E-state index in [2.05, 4.69) is 9.97 Å². The molecular weight excluding hydrogens is 664 g/mol. The highest BCUT2D eigenvalue weighted by atomic mass is 16.4. The maximum atomic E-state index is 12.2.